The molecule has 20 heteroatoms. The Kier molecular flexibility index (Phi) is 11.1. The van der Waals surface area contributed by atoms with Gasteiger partial charge in [-0.3, -0.25) is 4.18 Å². The van der Waals surface area contributed by atoms with Gasteiger partial charge < -0.3 is 58.0 Å². The maximum Gasteiger partial charge on any atom is 0.218 e. The van der Waals surface area contributed by atoms with Crippen LogP contribution in [0.5, 0.6) is 0 Å². The Morgan fingerprint density at radius 1 is 0.875 bits per heavy atom. The highest BCUT2D eigenvalue weighted by molar-refractivity contribution is 7.83. The Morgan fingerprint density at radius 3 is 1.85 bits per heavy atom. The Hall–Kier alpha value is -1.11. The molecule has 10 atom stereocenters. The third kappa shape index (κ3) is 10.0. The van der Waals surface area contributed by atoms with E-state index in [2.05, 4.69) is 4.18 Å². The summed E-state index contributed by atoms with van der Waals surface area (Å²) in [5, 5.41) is 43.6. The van der Waals surface area contributed by atoms with Crippen LogP contribution in [0.25, 0.3) is 0 Å². The van der Waals surface area contributed by atoms with Crippen molar-refractivity contribution in [2.45, 2.75) is 114 Å². The summed E-state index contributed by atoms with van der Waals surface area (Å²) in [7, 11) is -10.9. The van der Waals surface area contributed by atoms with E-state index in [9.17, 15) is 51.2 Å². The van der Waals surface area contributed by atoms with E-state index in [1.165, 1.54) is 41.5 Å². The SMILES string of the molecule is CC(C)(C)O[C@H]1OC(CO)[C@@H](O[C@@H]2OC(C(=O)[O-])[C@@H](OC(C)(C)C)[C@@H](O)C2OS(=O)(=O)[O-])[C@@H](O)C1NS(=O)(=O)[O-]. The summed E-state index contributed by atoms with van der Waals surface area (Å²) in [6, 6.07) is -1.89. The second kappa shape index (κ2) is 12.6. The number of rotatable bonds is 10. The van der Waals surface area contributed by atoms with Crippen molar-refractivity contribution in [2.24, 2.45) is 0 Å². The fourth-order valence-corrected chi connectivity index (χ4v) is 5.10. The third-order valence-corrected chi connectivity index (χ3v) is 6.38. The summed E-state index contributed by atoms with van der Waals surface area (Å²) < 4.78 is 102. The Labute approximate surface area is 231 Å². The highest BCUT2D eigenvalue weighted by atomic mass is 32.3. The second-order valence-electron chi connectivity index (χ2n) is 11.0. The minimum atomic E-state index is -5.62. The lowest BCUT2D eigenvalue weighted by Crippen LogP contribution is -2.69. The first-order chi connectivity index (χ1) is 17.9. The minimum Gasteiger partial charge on any atom is -0.735 e. The normalized spacial score (nSPS) is 36.4. The summed E-state index contributed by atoms with van der Waals surface area (Å²) in [5.41, 5.74) is -2.18. The number of aliphatic hydroxyl groups is 3. The molecule has 2 aliphatic rings. The van der Waals surface area contributed by atoms with E-state index in [0.717, 1.165) is 0 Å². The molecular weight excluding hydrogens is 590 g/mol. The number of aliphatic carboxylic acids is 1. The molecule has 0 saturated carbocycles. The first-order valence-corrected chi connectivity index (χ1v) is 14.5. The first kappa shape index (κ1) is 35.1. The highest BCUT2D eigenvalue weighted by Gasteiger charge is 2.54. The van der Waals surface area contributed by atoms with Gasteiger partial charge in [0.1, 0.15) is 42.7 Å². The number of hydrogen-bond donors (Lipinski definition) is 4. The van der Waals surface area contributed by atoms with Crippen molar-refractivity contribution in [3.05, 3.63) is 0 Å². The summed E-state index contributed by atoms with van der Waals surface area (Å²) in [6.45, 7) is 8.02. The fourth-order valence-electron chi connectivity index (χ4n) is 4.03. The summed E-state index contributed by atoms with van der Waals surface area (Å²) in [4.78, 5) is 11.8. The first-order valence-electron chi connectivity index (χ1n) is 11.8. The molecule has 2 rings (SSSR count). The maximum atomic E-state index is 11.8. The van der Waals surface area contributed by atoms with E-state index >= 15 is 0 Å². The molecule has 4 N–H and O–H groups in total. The summed E-state index contributed by atoms with van der Waals surface area (Å²) >= 11 is 0. The number of carbonyl (C=O) groups excluding carboxylic acids is 1. The molecular formula is C20H34NO17S2-3. The molecule has 236 valence electrons. The van der Waals surface area contributed by atoms with Crippen LogP contribution < -0.4 is 9.83 Å². The minimum absolute atomic E-state index is 0.955. The molecule has 0 bridgehead atoms. The molecule has 4 unspecified atom stereocenters. The van der Waals surface area contributed by atoms with Crippen molar-refractivity contribution in [3.63, 3.8) is 0 Å². The van der Waals surface area contributed by atoms with E-state index < -0.39 is 106 Å². The molecule has 2 heterocycles. The Balaban J connectivity index is 2.51. The summed E-state index contributed by atoms with van der Waals surface area (Å²) in [6.07, 6.45) is -18.2. The van der Waals surface area contributed by atoms with Gasteiger partial charge >= 0.3 is 0 Å². The predicted octanol–water partition coefficient (Wildman–Crippen LogP) is -4.45. The van der Waals surface area contributed by atoms with Crippen LogP contribution in [0.1, 0.15) is 41.5 Å². The molecule has 2 fully saturated rings. The van der Waals surface area contributed by atoms with E-state index in [1.54, 1.807) is 4.72 Å². The van der Waals surface area contributed by atoms with E-state index in [-0.39, 0.29) is 0 Å². The van der Waals surface area contributed by atoms with Crippen LogP contribution in [0, 0.1) is 0 Å². The fraction of sp³-hybridized carbons (Fsp3) is 0.950. The van der Waals surface area contributed by atoms with Crippen molar-refractivity contribution in [2.75, 3.05) is 6.61 Å². The van der Waals surface area contributed by atoms with Crippen molar-refractivity contribution in [3.8, 4) is 0 Å². The number of carboxylic acids is 1. The molecule has 0 spiro atoms. The van der Waals surface area contributed by atoms with Gasteiger partial charge in [0.15, 0.2) is 29.0 Å². The van der Waals surface area contributed by atoms with Crippen LogP contribution in [-0.4, -0.2) is 126 Å². The predicted molar refractivity (Wildman–Crippen MR) is 123 cm³/mol. The lowest BCUT2D eigenvalue weighted by atomic mass is 9.95. The van der Waals surface area contributed by atoms with Crippen LogP contribution in [0.3, 0.4) is 0 Å². The molecule has 0 aliphatic carbocycles. The zero-order valence-corrected chi connectivity index (χ0v) is 24.0. The number of carbonyl (C=O) groups is 1. The van der Waals surface area contributed by atoms with E-state index in [4.69, 9.17) is 23.7 Å². The van der Waals surface area contributed by atoms with Crippen molar-refractivity contribution in [1.29, 1.82) is 0 Å². The van der Waals surface area contributed by atoms with Gasteiger partial charge in [0.05, 0.1) is 23.8 Å². The molecule has 0 amide bonds. The van der Waals surface area contributed by atoms with Crippen molar-refractivity contribution in [1.82, 2.24) is 4.72 Å². The largest absolute Gasteiger partial charge is 0.735 e. The van der Waals surface area contributed by atoms with Crippen LogP contribution in [0.15, 0.2) is 0 Å². The second-order valence-corrected chi connectivity index (χ2v) is 13.2. The average Bonchev–Trinajstić information content (AvgIpc) is 2.73. The third-order valence-electron chi connectivity index (χ3n) is 5.37. The number of aliphatic hydroxyl groups excluding tert-OH is 3. The lowest BCUT2D eigenvalue weighted by Gasteiger charge is -2.49. The quantitative estimate of drug-likeness (QED) is 0.132. The number of nitrogens with one attached hydrogen (secondary N) is 1. The van der Waals surface area contributed by atoms with Gasteiger partial charge in [0.25, 0.3) is 0 Å². The van der Waals surface area contributed by atoms with Gasteiger partial charge in [-0.2, -0.15) is 0 Å². The van der Waals surface area contributed by atoms with E-state index in [0.29, 0.717) is 0 Å². The van der Waals surface area contributed by atoms with Crippen LogP contribution in [-0.2, 0) is 53.4 Å². The maximum absolute atomic E-state index is 11.8. The average molecular weight is 625 g/mol. The zero-order chi connectivity index (χ0) is 31.0. The molecule has 0 aromatic rings. The zero-order valence-electron chi connectivity index (χ0n) is 22.4. The number of ether oxygens (including phenoxy) is 5. The topological polar surface area (TPSA) is 283 Å². The van der Waals surface area contributed by atoms with Crippen molar-refractivity contribution >= 4 is 26.7 Å². The van der Waals surface area contributed by atoms with Gasteiger partial charge in [-0.1, -0.05) is 0 Å². The molecule has 2 saturated heterocycles. The van der Waals surface area contributed by atoms with Gasteiger partial charge in [-0.15, -0.1) is 0 Å². The smallest absolute Gasteiger partial charge is 0.218 e. The highest BCUT2D eigenvalue weighted by Crippen LogP contribution is 2.34. The molecule has 2 aliphatic heterocycles. The molecule has 40 heavy (non-hydrogen) atoms. The Morgan fingerprint density at radius 2 is 1.43 bits per heavy atom. The van der Waals surface area contributed by atoms with Gasteiger partial charge in [-0.05, 0) is 41.5 Å². The van der Waals surface area contributed by atoms with Crippen LogP contribution >= 0.6 is 0 Å². The Bertz CT molecular complexity index is 1090. The monoisotopic (exact) mass is 624 g/mol. The molecule has 0 radical (unpaired) electrons. The molecule has 0 aromatic heterocycles. The van der Waals surface area contributed by atoms with Gasteiger partial charge in [0, 0.05) is 0 Å². The number of hydrogen-bond acceptors (Lipinski definition) is 17. The summed E-state index contributed by atoms with van der Waals surface area (Å²) in [5.74, 6) is -1.96. The van der Waals surface area contributed by atoms with Crippen molar-refractivity contribution < 1.29 is 79.0 Å². The van der Waals surface area contributed by atoms with Gasteiger partial charge in [-0.25, -0.2) is 21.6 Å². The van der Waals surface area contributed by atoms with Crippen LogP contribution in [0.4, 0.5) is 0 Å². The molecule has 18 nitrogen and oxygen atoms in total. The van der Waals surface area contributed by atoms with Gasteiger partial charge in [0.2, 0.25) is 10.4 Å². The molecule has 0 aromatic carbocycles. The van der Waals surface area contributed by atoms with Crippen LogP contribution in [0.2, 0.25) is 0 Å². The number of carboxylic acid groups (broad SMARTS) is 1. The lowest BCUT2D eigenvalue weighted by molar-refractivity contribution is -0.372. The van der Waals surface area contributed by atoms with E-state index in [1.807, 2.05) is 0 Å². The standard InChI is InChI=1S/C20H37NO17S2/c1-19(2,3)36-13-11(24)14(38-40(30,31)32)18(35-15(13)16(25)26)34-12-8(7-22)33-17(37-20(4,5)6)9(10(12)23)21-39(27,28)29/h8-15,17-18,21-24H,7H2,1-6H3,(H,25,26)(H,27,28,29)(H,30,31,32)/p-3/t8?,9?,10-,11+,12+,13-,14?,15?,17+,18+/m0/s1.